The van der Waals surface area contributed by atoms with Gasteiger partial charge in [-0.3, -0.25) is 5.10 Å². The number of rotatable bonds is 4. The molecule has 1 aromatic heterocycles. The predicted octanol–water partition coefficient (Wildman–Crippen LogP) is 2.60. The number of hydrogen-bond acceptors (Lipinski definition) is 4. The molecule has 2 N–H and O–H groups in total. The number of aromatic amines is 1. The monoisotopic (exact) mass is 254 g/mol. The molecular weight excluding hydrogens is 232 g/mol. The van der Waals surface area contributed by atoms with Crippen LogP contribution in [0.2, 0.25) is 0 Å². The highest BCUT2D eigenvalue weighted by Gasteiger charge is 2.23. The van der Waals surface area contributed by atoms with Crippen LogP contribution in [-0.2, 0) is 0 Å². The zero-order chi connectivity index (χ0) is 11.9. The molecule has 0 amide bonds. The van der Waals surface area contributed by atoms with E-state index in [1.807, 2.05) is 11.8 Å². The summed E-state index contributed by atoms with van der Waals surface area (Å²) < 4.78 is 0. The second kappa shape index (κ2) is 7.01. The lowest BCUT2D eigenvalue weighted by Crippen LogP contribution is -2.38. The van der Waals surface area contributed by atoms with Gasteiger partial charge in [-0.1, -0.05) is 44.4 Å². The zero-order valence-corrected chi connectivity index (χ0v) is 11.3. The van der Waals surface area contributed by atoms with Crippen LogP contribution in [-0.4, -0.2) is 33.0 Å². The van der Waals surface area contributed by atoms with Crippen LogP contribution in [0.25, 0.3) is 0 Å². The van der Waals surface area contributed by atoms with E-state index in [2.05, 4.69) is 27.4 Å². The van der Waals surface area contributed by atoms with Gasteiger partial charge in [-0.05, 0) is 19.4 Å². The highest BCUT2D eigenvalue weighted by molar-refractivity contribution is 7.99. The van der Waals surface area contributed by atoms with Crippen LogP contribution in [0, 0.1) is 0 Å². The molecule has 4 nitrogen and oxygen atoms in total. The third kappa shape index (κ3) is 4.00. The van der Waals surface area contributed by atoms with Crippen molar-refractivity contribution in [2.24, 2.45) is 0 Å². The third-order valence-electron chi connectivity index (χ3n) is 3.32. The van der Waals surface area contributed by atoms with Gasteiger partial charge in [0.2, 0.25) is 0 Å². The van der Waals surface area contributed by atoms with Crippen LogP contribution >= 0.6 is 11.8 Å². The Labute approximate surface area is 107 Å². The summed E-state index contributed by atoms with van der Waals surface area (Å²) >= 11 is 1.85. The Bertz CT molecular complexity index is 301. The first-order valence-corrected chi connectivity index (χ1v) is 7.53. The van der Waals surface area contributed by atoms with Crippen LogP contribution < -0.4 is 5.32 Å². The van der Waals surface area contributed by atoms with Crippen LogP contribution in [0.1, 0.15) is 45.4 Å². The Morgan fingerprint density at radius 1 is 1.35 bits per heavy atom. The molecule has 1 aromatic rings. The SMILES string of the molecule is CCNC1CCCCCCC1Sc1ncn[nH]1. The minimum atomic E-state index is 0.621. The number of hydrogen-bond donors (Lipinski definition) is 2. The van der Waals surface area contributed by atoms with Crippen LogP contribution in [0.5, 0.6) is 0 Å². The van der Waals surface area contributed by atoms with Crippen LogP contribution in [0.15, 0.2) is 11.5 Å². The molecule has 1 heterocycles. The van der Waals surface area contributed by atoms with E-state index in [1.54, 1.807) is 6.33 Å². The number of H-pyrrole nitrogens is 1. The Morgan fingerprint density at radius 3 is 2.88 bits per heavy atom. The molecule has 0 saturated heterocycles. The van der Waals surface area contributed by atoms with Crippen LogP contribution in [0.4, 0.5) is 0 Å². The van der Waals surface area contributed by atoms with Gasteiger partial charge in [-0.15, -0.1) is 0 Å². The fourth-order valence-corrected chi connectivity index (χ4v) is 3.66. The molecule has 17 heavy (non-hydrogen) atoms. The van der Waals surface area contributed by atoms with E-state index in [9.17, 15) is 0 Å². The van der Waals surface area contributed by atoms with Crippen molar-refractivity contribution >= 4 is 11.8 Å². The molecule has 2 rings (SSSR count). The molecule has 0 aliphatic heterocycles. The molecular formula is C12H22N4S. The van der Waals surface area contributed by atoms with Gasteiger partial charge < -0.3 is 5.32 Å². The first-order valence-electron chi connectivity index (χ1n) is 6.65. The van der Waals surface area contributed by atoms with E-state index in [-0.39, 0.29) is 0 Å². The lowest BCUT2D eigenvalue weighted by molar-refractivity contribution is 0.406. The van der Waals surface area contributed by atoms with E-state index in [0.29, 0.717) is 11.3 Å². The summed E-state index contributed by atoms with van der Waals surface area (Å²) in [6.07, 6.45) is 9.63. The van der Waals surface area contributed by atoms with Gasteiger partial charge >= 0.3 is 0 Å². The molecule has 5 heteroatoms. The summed E-state index contributed by atoms with van der Waals surface area (Å²) in [5, 5.41) is 12.1. The van der Waals surface area contributed by atoms with E-state index < -0.39 is 0 Å². The van der Waals surface area contributed by atoms with E-state index in [4.69, 9.17) is 0 Å². The standard InChI is InChI=1S/C12H22N4S/c1-2-13-10-7-5-3-4-6-8-11(10)17-12-14-9-15-16-12/h9-11,13H,2-8H2,1H3,(H,14,15,16). The molecule has 1 saturated carbocycles. The first kappa shape index (κ1) is 12.9. The summed E-state index contributed by atoms with van der Waals surface area (Å²) in [7, 11) is 0. The Hall–Kier alpha value is -0.550. The van der Waals surface area contributed by atoms with Gasteiger partial charge in [-0.2, -0.15) is 5.10 Å². The summed E-state index contributed by atoms with van der Waals surface area (Å²) in [5.74, 6) is 0. The van der Waals surface area contributed by atoms with Gasteiger partial charge in [-0.25, -0.2) is 4.98 Å². The fourth-order valence-electron chi connectivity index (χ4n) is 2.48. The summed E-state index contributed by atoms with van der Waals surface area (Å²) in [6.45, 7) is 3.24. The number of thioether (sulfide) groups is 1. The Balaban J connectivity index is 1.96. The molecule has 0 spiro atoms. The smallest absolute Gasteiger partial charge is 0.183 e. The lowest BCUT2D eigenvalue weighted by Gasteiger charge is -2.28. The van der Waals surface area contributed by atoms with E-state index in [0.717, 1.165) is 11.7 Å². The van der Waals surface area contributed by atoms with Crippen molar-refractivity contribution in [3.8, 4) is 0 Å². The summed E-state index contributed by atoms with van der Waals surface area (Å²) in [4.78, 5) is 4.23. The van der Waals surface area contributed by atoms with E-state index >= 15 is 0 Å². The van der Waals surface area contributed by atoms with Gasteiger partial charge in [0, 0.05) is 11.3 Å². The highest BCUT2D eigenvalue weighted by Crippen LogP contribution is 2.30. The number of aromatic nitrogens is 3. The quantitative estimate of drug-likeness (QED) is 0.867. The van der Waals surface area contributed by atoms with Crippen LogP contribution in [0.3, 0.4) is 0 Å². The Morgan fingerprint density at radius 2 is 2.18 bits per heavy atom. The second-order valence-electron chi connectivity index (χ2n) is 4.60. The Kier molecular flexibility index (Phi) is 5.32. The third-order valence-corrected chi connectivity index (χ3v) is 4.61. The molecule has 0 bridgehead atoms. The molecule has 0 aromatic carbocycles. The molecule has 1 aliphatic rings. The van der Waals surface area contributed by atoms with Crippen molar-refractivity contribution in [3.05, 3.63) is 6.33 Å². The normalized spacial score (nSPS) is 26.4. The maximum absolute atomic E-state index is 4.23. The van der Waals surface area contributed by atoms with Crippen molar-refractivity contribution < 1.29 is 0 Å². The molecule has 1 aliphatic carbocycles. The second-order valence-corrected chi connectivity index (χ2v) is 5.83. The van der Waals surface area contributed by atoms with Crippen molar-refractivity contribution in [3.63, 3.8) is 0 Å². The zero-order valence-electron chi connectivity index (χ0n) is 10.5. The summed E-state index contributed by atoms with van der Waals surface area (Å²) in [5.41, 5.74) is 0. The first-order chi connectivity index (χ1) is 8.40. The summed E-state index contributed by atoms with van der Waals surface area (Å²) in [6, 6.07) is 0.621. The maximum Gasteiger partial charge on any atom is 0.183 e. The molecule has 2 atom stereocenters. The molecule has 2 unspecified atom stereocenters. The number of nitrogens with zero attached hydrogens (tertiary/aromatic N) is 2. The molecule has 0 radical (unpaired) electrons. The highest BCUT2D eigenvalue weighted by atomic mass is 32.2. The van der Waals surface area contributed by atoms with Gasteiger partial charge in [0.25, 0.3) is 0 Å². The van der Waals surface area contributed by atoms with Gasteiger partial charge in [0.1, 0.15) is 6.33 Å². The largest absolute Gasteiger partial charge is 0.313 e. The fraction of sp³-hybridized carbons (Fsp3) is 0.833. The van der Waals surface area contributed by atoms with Gasteiger partial charge in [0.05, 0.1) is 0 Å². The van der Waals surface area contributed by atoms with Crippen molar-refractivity contribution in [1.82, 2.24) is 20.5 Å². The minimum absolute atomic E-state index is 0.621. The van der Waals surface area contributed by atoms with E-state index in [1.165, 1.54) is 38.5 Å². The van der Waals surface area contributed by atoms with Crippen molar-refractivity contribution in [2.45, 2.75) is 61.9 Å². The topological polar surface area (TPSA) is 53.6 Å². The molecule has 1 fully saturated rings. The lowest BCUT2D eigenvalue weighted by atomic mass is 9.96. The predicted molar refractivity (Wildman–Crippen MR) is 71.2 cm³/mol. The number of nitrogens with one attached hydrogen (secondary N) is 2. The minimum Gasteiger partial charge on any atom is -0.313 e. The van der Waals surface area contributed by atoms with Gasteiger partial charge in [0.15, 0.2) is 5.16 Å². The average molecular weight is 254 g/mol. The average Bonchev–Trinajstić information content (AvgIpc) is 2.80. The maximum atomic E-state index is 4.23. The van der Waals surface area contributed by atoms with Crippen molar-refractivity contribution in [1.29, 1.82) is 0 Å². The van der Waals surface area contributed by atoms with Crippen molar-refractivity contribution in [2.75, 3.05) is 6.54 Å². The molecule has 96 valence electrons.